The van der Waals surface area contributed by atoms with Gasteiger partial charge in [-0.3, -0.25) is 4.68 Å². The van der Waals surface area contributed by atoms with Crippen molar-refractivity contribution < 1.29 is 4.39 Å². The molecule has 1 heterocycles. The lowest BCUT2D eigenvalue weighted by Gasteiger charge is -2.14. The van der Waals surface area contributed by atoms with E-state index in [4.69, 9.17) is 12.2 Å². The van der Waals surface area contributed by atoms with Gasteiger partial charge in [0.15, 0.2) is 5.11 Å². The SMILES string of the molecule is Cc1cccc(NC(=S)Nc2c(C)nn(Cc3ccc(F)cc3)c2C)c1C. The summed E-state index contributed by atoms with van der Waals surface area (Å²) >= 11 is 5.49. The van der Waals surface area contributed by atoms with E-state index in [1.165, 1.54) is 23.3 Å². The highest BCUT2D eigenvalue weighted by Gasteiger charge is 2.13. The predicted octanol–water partition coefficient (Wildman–Crippen LogP) is 5.11. The number of aryl methyl sites for hydroxylation is 2. The molecule has 2 aromatic carbocycles. The van der Waals surface area contributed by atoms with Gasteiger partial charge in [0.05, 0.1) is 23.6 Å². The number of halogens is 1. The number of hydrogen-bond acceptors (Lipinski definition) is 2. The molecule has 2 N–H and O–H groups in total. The van der Waals surface area contributed by atoms with E-state index in [2.05, 4.69) is 35.6 Å². The molecule has 0 amide bonds. The highest BCUT2D eigenvalue weighted by atomic mass is 32.1. The molecule has 0 saturated heterocycles. The van der Waals surface area contributed by atoms with Crippen LogP contribution in [-0.2, 0) is 6.54 Å². The maximum absolute atomic E-state index is 13.1. The lowest BCUT2D eigenvalue weighted by molar-refractivity contribution is 0.622. The minimum Gasteiger partial charge on any atom is -0.332 e. The fourth-order valence-corrected chi connectivity index (χ4v) is 3.16. The minimum absolute atomic E-state index is 0.239. The molecule has 1 aromatic heterocycles. The first-order valence-electron chi connectivity index (χ1n) is 8.78. The Balaban J connectivity index is 1.75. The fourth-order valence-electron chi connectivity index (χ4n) is 2.95. The molecule has 140 valence electrons. The monoisotopic (exact) mass is 382 g/mol. The lowest BCUT2D eigenvalue weighted by Crippen LogP contribution is -2.20. The van der Waals surface area contributed by atoms with Crippen LogP contribution in [0.15, 0.2) is 42.5 Å². The van der Waals surface area contributed by atoms with E-state index in [0.29, 0.717) is 11.7 Å². The number of rotatable bonds is 4. The Kier molecular flexibility index (Phi) is 5.56. The van der Waals surface area contributed by atoms with Gasteiger partial charge < -0.3 is 10.6 Å². The summed E-state index contributed by atoms with van der Waals surface area (Å²) in [5.41, 5.74) is 7.08. The van der Waals surface area contributed by atoms with Crippen molar-refractivity contribution in [1.29, 1.82) is 0 Å². The summed E-state index contributed by atoms with van der Waals surface area (Å²) in [5, 5.41) is 11.6. The molecule has 4 nitrogen and oxygen atoms in total. The second-order valence-electron chi connectivity index (χ2n) is 6.66. The van der Waals surface area contributed by atoms with Gasteiger partial charge in [0, 0.05) is 5.69 Å². The van der Waals surface area contributed by atoms with Gasteiger partial charge in [0.1, 0.15) is 5.82 Å². The maximum Gasteiger partial charge on any atom is 0.175 e. The molecule has 0 aliphatic heterocycles. The van der Waals surface area contributed by atoms with Gasteiger partial charge in [0.2, 0.25) is 0 Å². The Morgan fingerprint density at radius 2 is 1.74 bits per heavy atom. The zero-order chi connectivity index (χ0) is 19.6. The van der Waals surface area contributed by atoms with Gasteiger partial charge in [0.25, 0.3) is 0 Å². The van der Waals surface area contributed by atoms with Crippen molar-refractivity contribution in [3.63, 3.8) is 0 Å². The van der Waals surface area contributed by atoms with Crippen LogP contribution in [0.4, 0.5) is 15.8 Å². The molecule has 0 aliphatic rings. The molecular formula is C21H23FN4S. The average Bonchev–Trinajstić information content (AvgIpc) is 2.88. The van der Waals surface area contributed by atoms with Crippen molar-refractivity contribution in [2.45, 2.75) is 34.2 Å². The average molecular weight is 383 g/mol. The van der Waals surface area contributed by atoms with E-state index in [-0.39, 0.29) is 5.82 Å². The molecule has 0 fully saturated rings. The van der Waals surface area contributed by atoms with Crippen LogP contribution in [0.25, 0.3) is 0 Å². The number of anilines is 2. The summed E-state index contributed by atoms with van der Waals surface area (Å²) in [6, 6.07) is 12.5. The third-order valence-corrected chi connectivity index (χ3v) is 4.92. The number of thiocarbonyl (C=S) groups is 1. The normalized spacial score (nSPS) is 10.7. The Bertz CT molecular complexity index is 977. The van der Waals surface area contributed by atoms with Crippen molar-refractivity contribution >= 4 is 28.7 Å². The molecular weight excluding hydrogens is 359 g/mol. The van der Waals surface area contributed by atoms with Crippen LogP contribution in [0.2, 0.25) is 0 Å². The Morgan fingerprint density at radius 3 is 2.44 bits per heavy atom. The van der Waals surface area contributed by atoms with Crippen LogP contribution in [0.3, 0.4) is 0 Å². The van der Waals surface area contributed by atoms with E-state index in [0.717, 1.165) is 28.3 Å². The molecule has 0 atom stereocenters. The highest BCUT2D eigenvalue weighted by molar-refractivity contribution is 7.80. The minimum atomic E-state index is -0.239. The van der Waals surface area contributed by atoms with Crippen LogP contribution in [0.5, 0.6) is 0 Å². The molecule has 0 bridgehead atoms. The van der Waals surface area contributed by atoms with Crippen molar-refractivity contribution in [2.75, 3.05) is 10.6 Å². The van der Waals surface area contributed by atoms with Gasteiger partial charge >= 0.3 is 0 Å². The van der Waals surface area contributed by atoms with Crippen molar-refractivity contribution in [3.05, 3.63) is 76.4 Å². The molecule has 3 rings (SSSR count). The molecule has 0 unspecified atom stereocenters. The largest absolute Gasteiger partial charge is 0.332 e. The Labute approximate surface area is 164 Å². The third kappa shape index (κ3) is 4.34. The van der Waals surface area contributed by atoms with Gasteiger partial charge in [-0.2, -0.15) is 5.10 Å². The number of benzene rings is 2. The van der Waals surface area contributed by atoms with E-state index in [1.54, 1.807) is 12.1 Å². The number of aromatic nitrogens is 2. The van der Waals surface area contributed by atoms with E-state index < -0.39 is 0 Å². The van der Waals surface area contributed by atoms with Crippen LogP contribution in [0.1, 0.15) is 28.1 Å². The molecule has 0 spiro atoms. The zero-order valence-electron chi connectivity index (χ0n) is 15.9. The van der Waals surface area contributed by atoms with E-state index >= 15 is 0 Å². The fraction of sp³-hybridized carbons (Fsp3) is 0.238. The molecule has 0 aliphatic carbocycles. The lowest BCUT2D eigenvalue weighted by atomic mass is 10.1. The van der Waals surface area contributed by atoms with Crippen molar-refractivity contribution in [2.24, 2.45) is 0 Å². The first-order valence-corrected chi connectivity index (χ1v) is 9.18. The van der Waals surface area contributed by atoms with Crippen molar-refractivity contribution in [3.8, 4) is 0 Å². The molecule has 27 heavy (non-hydrogen) atoms. The standard InChI is InChI=1S/C21H23FN4S/c1-13-6-5-7-19(14(13)2)23-21(27)24-20-15(3)25-26(16(20)4)12-17-8-10-18(22)11-9-17/h5-11H,12H2,1-4H3,(H2,23,24,27). The summed E-state index contributed by atoms with van der Waals surface area (Å²) in [7, 11) is 0. The quantitative estimate of drug-likeness (QED) is 0.615. The summed E-state index contributed by atoms with van der Waals surface area (Å²) in [6.07, 6.45) is 0. The number of hydrogen-bond donors (Lipinski definition) is 2. The third-order valence-electron chi connectivity index (χ3n) is 4.72. The second kappa shape index (κ2) is 7.88. The van der Waals surface area contributed by atoms with Crippen molar-refractivity contribution in [1.82, 2.24) is 9.78 Å². The second-order valence-corrected chi connectivity index (χ2v) is 7.06. The summed E-state index contributed by atoms with van der Waals surface area (Å²) in [5.74, 6) is -0.239. The molecule has 6 heteroatoms. The molecule has 0 radical (unpaired) electrons. The molecule has 3 aromatic rings. The van der Waals surface area contributed by atoms with Crippen LogP contribution < -0.4 is 10.6 Å². The van der Waals surface area contributed by atoms with Crippen LogP contribution >= 0.6 is 12.2 Å². The van der Waals surface area contributed by atoms with E-state index in [9.17, 15) is 4.39 Å². The smallest absolute Gasteiger partial charge is 0.175 e. The predicted molar refractivity (Wildman–Crippen MR) is 113 cm³/mol. The van der Waals surface area contributed by atoms with Crippen LogP contribution in [-0.4, -0.2) is 14.9 Å². The number of nitrogens with zero attached hydrogens (tertiary/aromatic N) is 2. The summed E-state index contributed by atoms with van der Waals surface area (Å²) in [6.45, 7) is 8.65. The number of nitrogens with one attached hydrogen (secondary N) is 2. The topological polar surface area (TPSA) is 41.9 Å². The first-order chi connectivity index (χ1) is 12.8. The maximum atomic E-state index is 13.1. The zero-order valence-corrected chi connectivity index (χ0v) is 16.7. The van der Waals surface area contributed by atoms with Gasteiger partial charge in [-0.05, 0) is 74.8 Å². The first kappa shape index (κ1) is 19.0. The van der Waals surface area contributed by atoms with Crippen LogP contribution in [0, 0.1) is 33.5 Å². The summed E-state index contributed by atoms with van der Waals surface area (Å²) in [4.78, 5) is 0. The summed E-state index contributed by atoms with van der Waals surface area (Å²) < 4.78 is 15.0. The van der Waals surface area contributed by atoms with Gasteiger partial charge in [-0.25, -0.2) is 4.39 Å². The highest BCUT2D eigenvalue weighted by Crippen LogP contribution is 2.22. The molecule has 0 saturated carbocycles. The van der Waals surface area contributed by atoms with Gasteiger partial charge in [-0.1, -0.05) is 24.3 Å². The van der Waals surface area contributed by atoms with E-state index in [1.807, 2.05) is 30.7 Å². The Morgan fingerprint density at radius 1 is 1.04 bits per heavy atom. The Hall–Kier alpha value is -2.73. The van der Waals surface area contributed by atoms with Gasteiger partial charge in [-0.15, -0.1) is 0 Å².